The third kappa shape index (κ3) is 4.23. The van der Waals surface area contributed by atoms with E-state index in [0.717, 1.165) is 25.3 Å². The average molecular weight is 221 g/mol. The molecule has 0 unspecified atom stereocenters. The van der Waals surface area contributed by atoms with Crippen LogP contribution in [-0.4, -0.2) is 20.2 Å². The summed E-state index contributed by atoms with van der Waals surface area (Å²) in [5.41, 5.74) is 2.62. The van der Waals surface area contributed by atoms with Crippen molar-refractivity contribution in [1.29, 1.82) is 0 Å². The number of aryl methyl sites for hydroxylation is 1. The Hall–Kier alpha value is -1.02. The molecular weight excluding hydrogens is 198 g/mol. The van der Waals surface area contributed by atoms with Crippen LogP contribution in [0, 0.1) is 6.92 Å². The highest BCUT2D eigenvalue weighted by molar-refractivity contribution is 5.35. The van der Waals surface area contributed by atoms with E-state index in [0.29, 0.717) is 5.92 Å². The first-order valence-electron chi connectivity index (χ1n) is 6.02. The quantitative estimate of drug-likeness (QED) is 0.745. The second-order valence-corrected chi connectivity index (χ2v) is 4.54. The zero-order chi connectivity index (χ0) is 12.0. The summed E-state index contributed by atoms with van der Waals surface area (Å²) in [6.45, 7) is 8.32. The Morgan fingerprint density at radius 3 is 2.62 bits per heavy atom. The molecule has 1 aromatic carbocycles. The number of hydrogen-bond acceptors (Lipinski definition) is 2. The van der Waals surface area contributed by atoms with Gasteiger partial charge in [-0.1, -0.05) is 19.9 Å². The van der Waals surface area contributed by atoms with Crippen LogP contribution in [0.1, 0.15) is 37.3 Å². The summed E-state index contributed by atoms with van der Waals surface area (Å²) in [6.07, 6.45) is 1.04. The highest BCUT2D eigenvalue weighted by Crippen LogP contribution is 2.22. The number of hydrogen-bond donors (Lipinski definition) is 1. The molecule has 2 nitrogen and oxygen atoms in total. The summed E-state index contributed by atoms with van der Waals surface area (Å²) < 4.78 is 5.74. The largest absolute Gasteiger partial charge is 0.494 e. The van der Waals surface area contributed by atoms with Gasteiger partial charge in [0.2, 0.25) is 0 Å². The topological polar surface area (TPSA) is 21.3 Å². The number of ether oxygens (including phenoxy) is 1. The average Bonchev–Trinajstić information content (AvgIpc) is 2.23. The maximum Gasteiger partial charge on any atom is 0.119 e. The summed E-state index contributed by atoms with van der Waals surface area (Å²) in [5, 5.41) is 3.11. The second-order valence-electron chi connectivity index (χ2n) is 4.54. The van der Waals surface area contributed by atoms with Gasteiger partial charge in [0.25, 0.3) is 0 Å². The predicted octanol–water partition coefficient (Wildman–Crippen LogP) is 3.11. The lowest BCUT2D eigenvalue weighted by atomic mass is 10.0. The van der Waals surface area contributed by atoms with Crippen molar-refractivity contribution in [1.82, 2.24) is 5.32 Å². The van der Waals surface area contributed by atoms with Gasteiger partial charge in [-0.25, -0.2) is 0 Å². The molecule has 16 heavy (non-hydrogen) atoms. The van der Waals surface area contributed by atoms with Crippen LogP contribution >= 0.6 is 0 Å². The van der Waals surface area contributed by atoms with Crippen molar-refractivity contribution in [2.75, 3.05) is 20.2 Å². The highest BCUT2D eigenvalue weighted by atomic mass is 16.5. The molecule has 90 valence electrons. The third-order valence-electron chi connectivity index (χ3n) is 2.58. The molecule has 0 saturated heterocycles. The first kappa shape index (κ1) is 13.0. The summed E-state index contributed by atoms with van der Waals surface area (Å²) in [5.74, 6) is 1.55. The Kier molecular flexibility index (Phi) is 5.33. The Morgan fingerprint density at radius 1 is 1.25 bits per heavy atom. The predicted molar refractivity (Wildman–Crippen MR) is 69.3 cm³/mol. The van der Waals surface area contributed by atoms with Crippen molar-refractivity contribution in [3.63, 3.8) is 0 Å². The first-order valence-corrected chi connectivity index (χ1v) is 6.02. The van der Waals surface area contributed by atoms with Crippen LogP contribution in [0.3, 0.4) is 0 Å². The molecule has 0 aliphatic heterocycles. The van der Waals surface area contributed by atoms with E-state index >= 15 is 0 Å². The Labute approximate surface area is 99.0 Å². The molecule has 1 N–H and O–H groups in total. The first-order chi connectivity index (χ1) is 7.63. The molecule has 1 rings (SSSR count). The standard InChI is InChI=1S/C14H23NO/c1-11(2)13-8-12(3)9-14(10-13)16-7-5-6-15-4/h8-11,15H,5-7H2,1-4H3. The molecule has 0 fully saturated rings. The van der Waals surface area contributed by atoms with Crippen LogP contribution in [-0.2, 0) is 0 Å². The molecule has 0 amide bonds. The van der Waals surface area contributed by atoms with E-state index in [1.54, 1.807) is 0 Å². The number of nitrogens with one attached hydrogen (secondary N) is 1. The number of benzene rings is 1. The Morgan fingerprint density at radius 2 is 2.00 bits per heavy atom. The van der Waals surface area contributed by atoms with Crippen LogP contribution in [0.15, 0.2) is 18.2 Å². The zero-order valence-electron chi connectivity index (χ0n) is 10.8. The fourth-order valence-corrected chi connectivity index (χ4v) is 1.63. The molecule has 1 aromatic rings. The van der Waals surface area contributed by atoms with Crippen molar-refractivity contribution in [2.24, 2.45) is 0 Å². The zero-order valence-corrected chi connectivity index (χ0v) is 10.8. The molecule has 0 aliphatic carbocycles. The Bertz CT molecular complexity index is 321. The summed E-state index contributed by atoms with van der Waals surface area (Å²) in [6, 6.07) is 6.48. The lowest BCUT2D eigenvalue weighted by Gasteiger charge is -2.11. The maximum atomic E-state index is 5.74. The Balaban J connectivity index is 2.58. The van der Waals surface area contributed by atoms with Gasteiger partial charge in [0.1, 0.15) is 5.75 Å². The molecule has 0 bridgehead atoms. The molecule has 0 spiro atoms. The van der Waals surface area contributed by atoms with Crippen LogP contribution < -0.4 is 10.1 Å². The van der Waals surface area contributed by atoms with Gasteiger partial charge in [0.05, 0.1) is 6.61 Å². The van der Waals surface area contributed by atoms with E-state index in [1.807, 2.05) is 7.05 Å². The van der Waals surface area contributed by atoms with Gasteiger partial charge in [-0.05, 0) is 56.1 Å². The summed E-state index contributed by atoms with van der Waals surface area (Å²) >= 11 is 0. The SMILES string of the molecule is CNCCCOc1cc(C)cc(C(C)C)c1. The fraction of sp³-hybridized carbons (Fsp3) is 0.571. The van der Waals surface area contributed by atoms with Crippen molar-refractivity contribution in [2.45, 2.75) is 33.1 Å². The van der Waals surface area contributed by atoms with Gasteiger partial charge in [0, 0.05) is 0 Å². The molecule has 2 heteroatoms. The monoisotopic (exact) mass is 221 g/mol. The van der Waals surface area contributed by atoms with E-state index in [1.165, 1.54) is 11.1 Å². The summed E-state index contributed by atoms with van der Waals surface area (Å²) in [4.78, 5) is 0. The van der Waals surface area contributed by atoms with E-state index in [-0.39, 0.29) is 0 Å². The van der Waals surface area contributed by atoms with E-state index in [4.69, 9.17) is 4.74 Å². The van der Waals surface area contributed by atoms with Crippen molar-refractivity contribution in [3.8, 4) is 5.75 Å². The normalized spacial score (nSPS) is 10.8. The van der Waals surface area contributed by atoms with Gasteiger partial charge in [-0.2, -0.15) is 0 Å². The molecule has 0 radical (unpaired) electrons. The van der Waals surface area contributed by atoms with Crippen molar-refractivity contribution in [3.05, 3.63) is 29.3 Å². The molecule has 0 atom stereocenters. The minimum Gasteiger partial charge on any atom is -0.494 e. The van der Waals surface area contributed by atoms with Crippen LogP contribution in [0.25, 0.3) is 0 Å². The summed E-state index contributed by atoms with van der Waals surface area (Å²) in [7, 11) is 1.96. The third-order valence-corrected chi connectivity index (χ3v) is 2.58. The van der Waals surface area contributed by atoms with Crippen molar-refractivity contribution < 1.29 is 4.74 Å². The van der Waals surface area contributed by atoms with Crippen molar-refractivity contribution >= 4 is 0 Å². The lowest BCUT2D eigenvalue weighted by Crippen LogP contribution is -2.11. The van der Waals surface area contributed by atoms with E-state index in [2.05, 4.69) is 44.3 Å². The molecule has 0 aromatic heterocycles. The van der Waals surface area contributed by atoms with Crippen LogP contribution in [0.5, 0.6) is 5.75 Å². The molecule has 0 aliphatic rings. The van der Waals surface area contributed by atoms with Gasteiger partial charge in [-0.15, -0.1) is 0 Å². The van der Waals surface area contributed by atoms with Crippen LogP contribution in [0.4, 0.5) is 0 Å². The van der Waals surface area contributed by atoms with Gasteiger partial charge in [0.15, 0.2) is 0 Å². The molecule has 0 saturated carbocycles. The van der Waals surface area contributed by atoms with Gasteiger partial charge < -0.3 is 10.1 Å². The van der Waals surface area contributed by atoms with Gasteiger partial charge in [-0.3, -0.25) is 0 Å². The minimum absolute atomic E-state index is 0.555. The second kappa shape index (κ2) is 6.54. The van der Waals surface area contributed by atoms with E-state index in [9.17, 15) is 0 Å². The minimum atomic E-state index is 0.555. The molecule has 0 heterocycles. The lowest BCUT2D eigenvalue weighted by molar-refractivity contribution is 0.309. The number of rotatable bonds is 6. The van der Waals surface area contributed by atoms with Gasteiger partial charge >= 0.3 is 0 Å². The molecular formula is C14H23NO. The highest BCUT2D eigenvalue weighted by Gasteiger charge is 2.03. The smallest absolute Gasteiger partial charge is 0.119 e. The van der Waals surface area contributed by atoms with E-state index < -0.39 is 0 Å². The fourth-order valence-electron chi connectivity index (χ4n) is 1.63. The van der Waals surface area contributed by atoms with Crippen LogP contribution in [0.2, 0.25) is 0 Å². The maximum absolute atomic E-state index is 5.74.